The number of rotatable bonds is 9. The molecule has 0 aliphatic rings. The van der Waals surface area contributed by atoms with Crippen molar-refractivity contribution in [3.63, 3.8) is 0 Å². The molecule has 3 N–H and O–H groups in total. The Bertz CT molecular complexity index is 790. The Balaban J connectivity index is 0.00000420. The summed E-state index contributed by atoms with van der Waals surface area (Å²) in [5, 5.41) is 16.6. The summed E-state index contributed by atoms with van der Waals surface area (Å²) in [4.78, 5) is 4.51. The summed E-state index contributed by atoms with van der Waals surface area (Å²) in [5.74, 6) is 1.42. The van der Waals surface area contributed by atoms with Gasteiger partial charge in [-0.3, -0.25) is 0 Å². The molecule has 0 spiro atoms. The molecule has 29 heavy (non-hydrogen) atoms. The topological polar surface area (TPSA) is 75.1 Å². The number of aliphatic imine (C=N–C) groups is 1. The molecule has 0 aliphatic carbocycles. The van der Waals surface area contributed by atoms with Crippen molar-refractivity contribution in [3.05, 3.63) is 53.8 Å². The van der Waals surface area contributed by atoms with Crippen LogP contribution in [0.25, 0.3) is 0 Å². The van der Waals surface area contributed by atoms with Crippen LogP contribution in [0, 0.1) is 5.82 Å². The maximum atomic E-state index is 13.2. The fourth-order valence-electron chi connectivity index (χ4n) is 2.62. The molecular formula is C21H29FIN3O3. The Labute approximate surface area is 188 Å². The summed E-state index contributed by atoms with van der Waals surface area (Å²) in [5.41, 5.74) is 0.797. The maximum absolute atomic E-state index is 13.2. The van der Waals surface area contributed by atoms with Gasteiger partial charge in [0.2, 0.25) is 0 Å². The van der Waals surface area contributed by atoms with Gasteiger partial charge < -0.3 is 25.2 Å². The van der Waals surface area contributed by atoms with Crippen molar-refractivity contribution in [1.82, 2.24) is 10.6 Å². The molecule has 0 saturated heterocycles. The van der Waals surface area contributed by atoms with Gasteiger partial charge in [0.05, 0.1) is 13.7 Å². The molecule has 0 heterocycles. The number of nitrogens with one attached hydrogen (secondary N) is 2. The molecule has 0 bridgehead atoms. The molecular weight excluding hydrogens is 488 g/mol. The van der Waals surface area contributed by atoms with Gasteiger partial charge in [0.15, 0.2) is 17.5 Å². The number of benzene rings is 2. The van der Waals surface area contributed by atoms with Crippen LogP contribution in [-0.4, -0.2) is 43.9 Å². The zero-order valence-electron chi connectivity index (χ0n) is 16.9. The van der Waals surface area contributed by atoms with Crippen LogP contribution < -0.4 is 20.1 Å². The normalized spacial score (nSPS) is 11.9. The molecule has 0 aromatic heterocycles. The van der Waals surface area contributed by atoms with Crippen LogP contribution in [0.15, 0.2) is 47.5 Å². The monoisotopic (exact) mass is 517 g/mol. The third kappa shape index (κ3) is 8.35. The van der Waals surface area contributed by atoms with Gasteiger partial charge in [0.1, 0.15) is 17.7 Å². The number of guanidine groups is 1. The molecule has 0 amide bonds. The summed E-state index contributed by atoms with van der Waals surface area (Å²) in [6.45, 7) is 5.58. The van der Waals surface area contributed by atoms with E-state index in [1.807, 2.05) is 26.0 Å². The van der Waals surface area contributed by atoms with Crippen molar-refractivity contribution in [1.29, 1.82) is 0 Å². The van der Waals surface area contributed by atoms with Crippen LogP contribution in [0.3, 0.4) is 0 Å². The van der Waals surface area contributed by atoms with Gasteiger partial charge in [-0.1, -0.05) is 18.2 Å². The highest BCUT2D eigenvalue weighted by atomic mass is 127. The van der Waals surface area contributed by atoms with Crippen LogP contribution in [0.5, 0.6) is 17.2 Å². The van der Waals surface area contributed by atoms with E-state index in [9.17, 15) is 9.50 Å². The fraction of sp³-hybridized carbons (Fsp3) is 0.381. The fourth-order valence-corrected chi connectivity index (χ4v) is 2.62. The first-order valence-electron chi connectivity index (χ1n) is 9.32. The Morgan fingerprint density at radius 3 is 2.66 bits per heavy atom. The summed E-state index contributed by atoms with van der Waals surface area (Å²) < 4.78 is 24.1. The lowest BCUT2D eigenvalue weighted by molar-refractivity contribution is 0.229. The zero-order chi connectivity index (χ0) is 20.4. The molecule has 160 valence electrons. The summed E-state index contributed by atoms with van der Waals surface area (Å²) in [6.07, 6.45) is 0.405. The first-order chi connectivity index (χ1) is 13.5. The molecule has 8 heteroatoms. The van der Waals surface area contributed by atoms with Crippen molar-refractivity contribution < 1.29 is 19.0 Å². The molecule has 0 saturated carbocycles. The lowest BCUT2D eigenvalue weighted by atomic mass is 10.1. The Morgan fingerprint density at radius 2 is 1.97 bits per heavy atom. The lowest BCUT2D eigenvalue weighted by Gasteiger charge is -2.15. The molecule has 2 rings (SSSR count). The van der Waals surface area contributed by atoms with E-state index in [1.165, 1.54) is 19.2 Å². The highest BCUT2D eigenvalue weighted by Crippen LogP contribution is 2.29. The zero-order valence-corrected chi connectivity index (χ0v) is 19.3. The van der Waals surface area contributed by atoms with E-state index < -0.39 is 0 Å². The summed E-state index contributed by atoms with van der Waals surface area (Å²) in [6, 6.07) is 11.5. The SMILES string of the molecule is CCNC(=NCC(C)Oc1cccc(F)c1)NCCc1cccc(OC)c1O.I. The third-order valence-electron chi connectivity index (χ3n) is 3.97. The van der Waals surface area contributed by atoms with Crippen LogP contribution in [0.4, 0.5) is 4.39 Å². The van der Waals surface area contributed by atoms with E-state index in [-0.39, 0.29) is 41.6 Å². The van der Waals surface area contributed by atoms with E-state index >= 15 is 0 Å². The van der Waals surface area contributed by atoms with Gasteiger partial charge in [0.25, 0.3) is 0 Å². The van der Waals surface area contributed by atoms with E-state index in [1.54, 1.807) is 18.2 Å². The number of phenolic OH excluding ortho intramolecular Hbond substituents is 1. The second-order valence-electron chi connectivity index (χ2n) is 6.25. The van der Waals surface area contributed by atoms with Crippen LogP contribution in [0.2, 0.25) is 0 Å². The number of aromatic hydroxyl groups is 1. The molecule has 0 radical (unpaired) electrons. The first kappa shape index (κ1) is 24.8. The average molecular weight is 517 g/mol. The predicted octanol–water partition coefficient (Wildman–Crippen LogP) is 3.72. The third-order valence-corrected chi connectivity index (χ3v) is 3.97. The molecule has 1 unspecified atom stereocenters. The number of methoxy groups -OCH3 is 1. The van der Waals surface area contributed by atoms with Crippen molar-refractivity contribution in [2.24, 2.45) is 4.99 Å². The van der Waals surface area contributed by atoms with E-state index in [4.69, 9.17) is 9.47 Å². The number of nitrogens with zero attached hydrogens (tertiary/aromatic N) is 1. The van der Waals surface area contributed by atoms with E-state index in [0.29, 0.717) is 37.0 Å². The molecule has 2 aromatic rings. The Hall–Kier alpha value is -2.23. The molecule has 6 nitrogen and oxygen atoms in total. The van der Waals surface area contributed by atoms with Gasteiger partial charge in [-0.2, -0.15) is 0 Å². The maximum Gasteiger partial charge on any atom is 0.191 e. The van der Waals surface area contributed by atoms with Crippen molar-refractivity contribution >= 4 is 29.9 Å². The Morgan fingerprint density at radius 1 is 1.21 bits per heavy atom. The van der Waals surface area contributed by atoms with Gasteiger partial charge in [-0.15, -0.1) is 24.0 Å². The van der Waals surface area contributed by atoms with Gasteiger partial charge in [-0.05, 0) is 44.0 Å². The number of para-hydroxylation sites is 1. The Kier molecular flexibility index (Phi) is 11.2. The molecule has 1 atom stereocenters. The smallest absolute Gasteiger partial charge is 0.191 e. The molecule has 0 aliphatic heterocycles. The minimum absolute atomic E-state index is 0. The van der Waals surface area contributed by atoms with Crippen LogP contribution in [-0.2, 0) is 6.42 Å². The number of hydrogen-bond acceptors (Lipinski definition) is 4. The lowest BCUT2D eigenvalue weighted by Crippen LogP contribution is -2.39. The number of ether oxygens (including phenoxy) is 2. The standard InChI is InChI=1S/C21H28FN3O3.HI/c1-4-23-21(24-12-11-16-7-5-10-19(27-3)20(16)26)25-14-15(2)28-18-9-6-8-17(22)13-18;/h5-10,13,15,26H,4,11-12,14H2,1-3H3,(H2,23,24,25);1H. The minimum Gasteiger partial charge on any atom is -0.504 e. The molecule has 0 fully saturated rings. The minimum atomic E-state index is -0.330. The number of phenols is 1. The first-order valence-corrected chi connectivity index (χ1v) is 9.32. The van der Waals surface area contributed by atoms with E-state index in [0.717, 1.165) is 12.1 Å². The quantitative estimate of drug-likeness (QED) is 0.269. The predicted molar refractivity (Wildman–Crippen MR) is 124 cm³/mol. The van der Waals surface area contributed by atoms with Crippen LogP contribution in [0.1, 0.15) is 19.4 Å². The second-order valence-corrected chi connectivity index (χ2v) is 6.25. The summed E-state index contributed by atoms with van der Waals surface area (Å²) in [7, 11) is 1.53. The van der Waals surface area contributed by atoms with Gasteiger partial charge >= 0.3 is 0 Å². The molecule has 2 aromatic carbocycles. The number of halogens is 2. The van der Waals surface area contributed by atoms with Crippen LogP contribution >= 0.6 is 24.0 Å². The van der Waals surface area contributed by atoms with Gasteiger partial charge in [-0.25, -0.2) is 9.38 Å². The highest BCUT2D eigenvalue weighted by molar-refractivity contribution is 14.0. The summed E-state index contributed by atoms with van der Waals surface area (Å²) >= 11 is 0. The van der Waals surface area contributed by atoms with Crippen molar-refractivity contribution in [2.45, 2.75) is 26.4 Å². The average Bonchev–Trinajstić information content (AvgIpc) is 2.67. The number of hydrogen-bond donors (Lipinski definition) is 3. The van der Waals surface area contributed by atoms with Crippen molar-refractivity contribution in [2.75, 3.05) is 26.7 Å². The van der Waals surface area contributed by atoms with E-state index in [2.05, 4.69) is 15.6 Å². The second kappa shape index (κ2) is 13.1. The van der Waals surface area contributed by atoms with Gasteiger partial charge in [0, 0.05) is 19.2 Å². The van der Waals surface area contributed by atoms with Crippen molar-refractivity contribution in [3.8, 4) is 17.2 Å². The highest BCUT2D eigenvalue weighted by Gasteiger charge is 2.08. The largest absolute Gasteiger partial charge is 0.504 e.